The lowest BCUT2D eigenvalue weighted by Crippen LogP contribution is -1.93. The maximum atomic E-state index is 9.77. The van der Waals surface area contributed by atoms with Crippen LogP contribution in [-0.4, -0.2) is 6.10 Å². The van der Waals surface area contributed by atoms with E-state index in [1.165, 1.54) is 0 Å². The van der Waals surface area contributed by atoms with E-state index in [1.54, 1.807) is 0 Å². The first-order valence-corrected chi connectivity index (χ1v) is 3.00. The van der Waals surface area contributed by atoms with Crippen LogP contribution in [0.5, 0.6) is 0 Å². The van der Waals surface area contributed by atoms with Gasteiger partial charge in [0.2, 0.25) is 0 Å². The van der Waals surface area contributed by atoms with Crippen LogP contribution in [0.1, 0.15) is 0 Å². The van der Waals surface area contributed by atoms with Gasteiger partial charge in [-0.15, -0.1) is 0 Å². The molecule has 0 atom stereocenters. The summed E-state index contributed by atoms with van der Waals surface area (Å²) in [5.41, 5.74) is 0. The molecule has 0 bridgehead atoms. The second kappa shape index (κ2) is 2.75. The van der Waals surface area contributed by atoms with E-state index in [2.05, 4.69) is 4.52 Å². The minimum atomic E-state index is -0.257. The molecule has 3 heteroatoms. The summed E-state index contributed by atoms with van der Waals surface area (Å²) in [7, 11) is -0.257. The fraction of sp³-hybridized carbons (Fsp3) is 0.200. The van der Waals surface area contributed by atoms with Gasteiger partial charge in [0.1, 0.15) is 6.10 Å². The third-order valence-electron chi connectivity index (χ3n) is 0.877. The number of rotatable bonds is 2. The van der Waals surface area contributed by atoms with Crippen molar-refractivity contribution in [3.63, 3.8) is 0 Å². The molecule has 0 aromatic carbocycles. The second-order valence-corrected chi connectivity index (χ2v) is 1.77. The average molecular weight is 128 g/mol. The van der Waals surface area contributed by atoms with Crippen molar-refractivity contribution >= 4 is 8.69 Å². The van der Waals surface area contributed by atoms with Crippen molar-refractivity contribution in [1.29, 1.82) is 0 Å². The van der Waals surface area contributed by atoms with Gasteiger partial charge in [-0.25, -0.2) is 4.57 Å². The molecule has 0 radical (unpaired) electrons. The lowest BCUT2D eigenvalue weighted by Gasteiger charge is -1.93. The van der Waals surface area contributed by atoms with Gasteiger partial charge in [0, 0.05) is 0 Å². The van der Waals surface area contributed by atoms with E-state index in [4.69, 9.17) is 0 Å². The van der Waals surface area contributed by atoms with Gasteiger partial charge in [0.15, 0.2) is 0 Å². The van der Waals surface area contributed by atoms with Crippen molar-refractivity contribution in [2.45, 2.75) is 6.10 Å². The molecular formula is C5H5O2P. The molecule has 0 N–H and O–H groups in total. The first-order chi connectivity index (χ1) is 3.93. The maximum absolute atomic E-state index is 9.77. The molecule has 0 aromatic rings. The Balaban J connectivity index is 2.37. The molecule has 0 saturated carbocycles. The first-order valence-electron chi connectivity index (χ1n) is 2.27. The normalized spacial score (nSPS) is 18.5. The lowest BCUT2D eigenvalue weighted by atomic mass is 10.4. The van der Waals surface area contributed by atoms with Crippen molar-refractivity contribution in [3.05, 3.63) is 24.3 Å². The van der Waals surface area contributed by atoms with E-state index in [0.717, 1.165) is 0 Å². The predicted octanol–water partition coefficient (Wildman–Crippen LogP) is 1.70. The predicted molar refractivity (Wildman–Crippen MR) is 30.8 cm³/mol. The van der Waals surface area contributed by atoms with Crippen molar-refractivity contribution < 1.29 is 9.09 Å². The summed E-state index contributed by atoms with van der Waals surface area (Å²) in [6, 6.07) is 0. The fourth-order valence-electron chi connectivity index (χ4n) is 0.531. The zero-order chi connectivity index (χ0) is 5.82. The van der Waals surface area contributed by atoms with Crippen LogP contribution in [0.25, 0.3) is 0 Å². The lowest BCUT2D eigenvalue weighted by molar-refractivity contribution is 0.325. The molecule has 0 aromatic heterocycles. The van der Waals surface area contributed by atoms with Gasteiger partial charge in [-0.3, -0.25) is 4.52 Å². The minimum absolute atomic E-state index is 0.0748. The zero-order valence-electron chi connectivity index (χ0n) is 4.15. The highest BCUT2D eigenvalue weighted by molar-refractivity contribution is 7.17. The molecule has 0 fully saturated rings. The Labute approximate surface area is 49.1 Å². The van der Waals surface area contributed by atoms with Crippen LogP contribution in [0, 0.1) is 0 Å². The first kappa shape index (κ1) is 5.67. The minimum Gasteiger partial charge on any atom is -0.283 e. The average Bonchev–Trinajstić information content (AvgIpc) is 2.19. The standard InChI is InChI=1S/C5H5O2P/c6-8-7-5-3-1-2-4-5/h1-5H. The molecule has 0 heterocycles. The summed E-state index contributed by atoms with van der Waals surface area (Å²) < 4.78 is 14.4. The van der Waals surface area contributed by atoms with Crippen molar-refractivity contribution in [1.82, 2.24) is 0 Å². The molecule has 1 aliphatic carbocycles. The van der Waals surface area contributed by atoms with Gasteiger partial charge in [0.25, 0.3) is 0 Å². The van der Waals surface area contributed by atoms with Crippen molar-refractivity contribution in [2.75, 3.05) is 0 Å². The van der Waals surface area contributed by atoms with Crippen LogP contribution in [0.4, 0.5) is 0 Å². The van der Waals surface area contributed by atoms with E-state index in [1.807, 2.05) is 24.3 Å². The van der Waals surface area contributed by atoms with Gasteiger partial charge in [-0.2, -0.15) is 0 Å². The molecule has 0 spiro atoms. The Hall–Kier alpha value is -0.460. The molecule has 2 nitrogen and oxygen atoms in total. The molecule has 0 saturated heterocycles. The third-order valence-corrected chi connectivity index (χ3v) is 1.21. The van der Waals surface area contributed by atoms with E-state index < -0.39 is 0 Å². The topological polar surface area (TPSA) is 26.3 Å². The van der Waals surface area contributed by atoms with Gasteiger partial charge in [-0.1, -0.05) is 24.3 Å². The van der Waals surface area contributed by atoms with Crippen molar-refractivity contribution in [2.24, 2.45) is 0 Å². The highest BCUT2D eigenvalue weighted by atomic mass is 31.1. The summed E-state index contributed by atoms with van der Waals surface area (Å²) in [4.78, 5) is 0. The largest absolute Gasteiger partial charge is 0.328 e. The third kappa shape index (κ3) is 1.25. The molecule has 42 valence electrons. The van der Waals surface area contributed by atoms with Gasteiger partial charge >= 0.3 is 8.69 Å². The van der Waals surface area contributed by atoms with E-state index in [-0.39, 0.29) is 14.8 Å². The Morgan fingerprint density at radius 1 is 1.38 bits per heavy atom. The molecule has 1 aliphatic rings. The Morgan fingerprint density at radius 3 is 2.50 bits per heavy atom. The van der Waals surface area contributed by atoms with Crippen LogP contribution in [0.2, 0.25) is 0 Å². The van der Waals surface area contributed by atoms with Gasteiger partial charge in [0.05, 0.1) is 0 Å². The van der Waals surface area contributed by atoms with E-state index in [0.29, 0.717) is 0 Å². The smallest absolute Gasteiger partial charge is 0.283 e. The molecule has 0 unspecified atom stereocenters. The van der Waals surface area contributed by atoms with Crippen LogP contribution in [0.15, 0.2) is 24.3 Å². The molecule has 0 amide bonds. The summed E-state index contributed by atoms with van der Waals surface area (Å²) in [5, 5.41) is 0. The highest BCUT2D eigenvalue weighted by Gasteiger charge is 2.00. The highest BCUT2D eigenvalue weighted by Crippen LogP contribution is 2.09. The van der Waals surface area contributed by atoms with Crippen LogP contribution < -0.4 is 0 Å². The number of allylic oxidation sites excluding steroid dienone is 2. The summed E-state index contributed by atoms with van der Waals surface area (Å²) in [6.45, 7) is 0. The SMILES string of the molecule is O=POC1C=CC=C1. The maximum Gasteiger partial charge on any atom is 0.328 e. The number of hydrogen-bond donors (Lipinski definition) is 0. The quantitative estimate of drug-likeness (QED) is 0.529. The van der Waals surface area contributed by atoms with Gasteiger partial charge in [-0.05, 0) is 0 Å². The molecular weight excluding hydrogens is 123 g/mol. The van der Waals surface area contributed by atoms with Crippen LogP contribution >= 0.6 is 8.69 Å². The zero-order valence-corrected chi connectivity index (χ0v) is 5.04. The summed E-state index contributed by atoms with van der Waals surface area (Å²) in [5.74, 6) is 0. The summed E-state index contributed by atoms with van der Waals surface area (Å²) in [6.07, 6.45) is 7.29. The molecule has 1 rings (SSSR count). The Kier molecular flexibility index (Phi) is 1.95. The Morgan fingerprint density at radius 2 is 2.00 bits per heavy atom. The Bertz CT molecular complexity index is 127. The van der Waals surface area contributed by atoms with Gasteiger partial charge < -0.3 is 0 Å². The van der Waals surface area contributed by atoms with Crippen molar-refractivity contribution in [3.8, 4) is 0 Å². The van der Waals surface area contributed by atoms with Crippen LogP contribution in [-0.2, 0) is 9.09 Å². The van der Waals surface area contributed by atoms with Crippen LogP contribution in [0.3, 0.4) is 0 Å². The summed E-state index contributed by atoms with van der Waals surface area (Å²) >= 11 is 0. The second-order valence-electron chi connectivity index (χ2n) is 1.41. The fourth-order valence-corrected chi connectivity index (χ4v) is 0.771. The molecule has 8 heavy (non-hydrogen) atoms. The van der Waals surface area contributed by atoms with E-state index >= 15 is 0 Å². The molecule has 0 aliphatic heterocycles. The monoisotopic (exact) mass is 128 g/mol. The van der Waals surface area contributed by atoms with E-state index in [9.17, 15) is 4.57 Å². The number of hydrogen-bond acceptors (Lipinski definition) is 2.